The maximum atomic E-state index is 9.58. The van der Waals surface area contributed by atoms with Gasteiger partial charge in [0.1, 0.15) is 0 Å². The summed E-state index contributed by atoms with van der Waals surface area (Å²) in [4.78, 5) is 0. The molecule has 0 saturated carbocycles. The summed E-state index contributed by atoms with van der Waals surface area (Å²) in [5.41, 5.74) is 0.864. The van der Waals surface area contributed by atoms with E-state index >= 15 is 0 Å². The largest absolute Gasteiger partial charge is 0.472 e. The summed E-state index contributed by atoms with van der Waals surface area (Å²) in [6.07, 6.45) is 2.78. The maximum Gasteiger partial charge on any atom is 0.0960 e. The molecule has 0 spiro atoms. The van der Waals surface area contributed by atoms with Gasteiger partial charge in [0.2, 0.25) is 0 Å². The second kappa shape index (κ2) is 4.58. The van der Waals surface area contributed by atoms with Gasteiger partial charge >= 0.3 is 0 Å². The van der Waals surface area contributed by atoms with Crippen molar-refractivity contribution in [1.29, 1.82) is 0 Å². The van der Waals surface area contributed by atoms with Gasteiger partial charge in [0.05, 0.1) is 18.6 Å². The molecule has 0 aliphatic heterocycles. The average molecular weight is 186 g/mol. The summed E-state index contributed by atoms with van der Waals surface area (Å²) in [6.45, 7) is 4.24. The van der Waals surface area contributed by atoms with Crippen LogP contribution in [0.3, 0.4) is 0 Å². The van der Waals surface area contributed by atoms with Gasteiger partial charge in [0.15, 0.2) is 0 Å². The number of rotatable bonds is 4. The molecular weight excluding hydrogens is 172 g/mol. The molecule has 1 rings (SSSR count). The van der Waals surface area contributed by atoms with E-state index in [2.05, 4.69) is 13.8 Å². The van der Waals surface area contributed by atoms with E-state index in [1.807, 2.05) is 0 Å². The lowest BCUT2D eigenvalue weighted by molar-refractivity contribution is 0.203. The minimum Gasteiger partial charge on any atom is -0.472 e. The average Bonchev–Trinajstić information content (AvgIpc) is 2.51. The van der Waals surface area contributed by atoms with Crippen molar-refractivity contribution in [3.63, 3.8) is 0 Å². The Kier molecular flexibility index (Phi) is 3.69. The SMILES string of the molecule is CC(C)SCC(O)c1ccoc1. The molecule has 1 atom stereocenters. The van der Waals surface area contributed by atoms with Crippen LogP contribution in [0.1, 0.15) is 25.5 Å². The summed E-state index contributed by atoms with van der Waals surface area (Å²) in [7, 11) is 0. The monoisotopic (exact) mass is 186 g/mol. The Morgan fingerprint density at radius 1 is 1.58 bits per heavy atom. The van der Waals surface area contributed by atoms with E-state index in [1.165, 1.54) is 0 Å². The topological polar surface area (TPSA) is 33.4 Å². The van der Waals surface area contributed by atoms with Crippen molar-refractivity contribution >= 4 is 11.8 Å². The fourth-order valence-electron chi connectivity index (χ4n) is 0.844. The van der Waals surface area contributed by atoms with E-state index in [0.29, 0.717) is 5.25 Å². The van der Waals surface area contributed by atoms with Gasteiger partial charge in [-0.05, 0) is 11.3 Å². The zero-order valence-corrected chi connectivity index (χ0v) is 8.17. The Labute approximate surface area is 77.0 Å². The summed E-state index contributed by atoms with van der Waals surface area (Å²) < 4.78 is 4.87. The molecule has 0 radical (unpaired) electrons. The molecule has 2 nitrogen and oxygen atoms in total. The van der Waals surface area contributed by atoms with Crippen LogP contribution in [0.4, 0.5) is 0 Å². The second-order valence-corrected chi connectivity index (χ2v) is 4.56. The van der Waals surface area contributed by atoms with E-state index in [1.54, 1.807) is 30.4 Å². The van der Waals surface area contributed by atoms with Crippen LogP contribution in [0, 0.1) is 0 Å². The third-order valence-corrected chi connectivity index (χ3v) is 2.69. The summed E-state index contributed by atoms with van der Waals surface area (Å²) in [5.74, 6) is 0.733. The Balaban J connectivity index is 2.34. The standard InChI is InChI=1S/C9H14O2S/c1-7(2)12-6-9(10)8-3-4-11-5-8/h3-5,7,9-10H,6H2,1-2H3. The molecular formula is C9H14O2S. The lowest BCUT2D eigenvalue weighted by Gasteiger charge is -2.09. The molecule has 12 heavy (non-hydrogen) atoms. The molecule has 1 aromatic rings. The lowest BCUT2D eigenvalue weighted by Crippen LogP contribution is -2.01. The minimum atomic E-state index is -0.392. The summed E-state index contributed by atoms with van der Waals surface area (Å²) >= 11 is 1.75. The highest BCUT2D eigenvalue weighted by molar-refractivity contribution is 7.99. The lowest BCUT2D eigenvalue weighted by atomic mass is 10.2. The van der Waals surface area contributed by atoms with Crippen molar-refractivity contribution in [3.05, 3.63) is 24.2 Å². The molecule has 0 bridgehead atoms. The number of furan rings is 1. The Hall–Kier alpha value is -0.410. The Morgan fingerprint density at radius 2 is 2.33 bits per heavy atom. The van der Waals surface area contributed by atoms with E-state index in [9.17, 15) is 5.11 Å². The number of aliphatic hydroxyl groups excluding tert-OH is 1. The molecule has 1 heterocycles. The highest BCUT2D eigenvalue weighted by Gasteiger charge is 2.09. The fourth-order valence-corrected chi connectivity index (χ4v) is 1.60. The highest BCUT2D eigenvalue weighted by Crippen LogP contribution is 2.20. The maximum absolute atomic E-state index is 9.58. The summed E-state index contributed by atoms with van der Waals surface area (Å²) in [6, 6.07) is 1.80. The fraction of sp³-hybridized carbons (Fsp3) is 0.556. The van der Waals surface area contributed by atoms with Gasteiger partial charge in [0.25, 0.3) is 0 Å². The zero-order chi connectivity index (χ0) is 8.97. The predicted molar refractivity (Wildman–Crippen MR) is 51.3 cm³/mol. The molecule has 0 aliphatic carbocycles. The van der Waals surface area contributed by atoms with Crippen molar-refractivity contribution in [2.45, 2.75) is 25.2 Å². The third-order valence-electron chi connectivity index (χ3n) is 1.52. The number of thioether (sulfide) groups is 1. The molecule has 1 unspecified atom stereocenters. The Morgan fingerprint density at radius 3 is 2.83 bits per heavy atom. The molecule has 1 aromatic heterocycles. The van der Waals surface area contributed by atoms with Gasteiger partial charge in [-0.1, -0.05) is 13.8 Å². The van der Waals surface area contributed by atoms with Gasteiger partial charge in [-0.3, -0.25) is 0 Å². The predicted octanol–water partition coefficient (Wildman–Crippen LogP) is 2.45. The highest BCUT2D eigenvalue weighted by atomic mass is 32.2. The van der Waals surface area contributed by atoms with Crippen LogP contribution in [-0.2, 0) is 0 Å². The minimum absolute atomic E-state index is 0.392. The molecule has 0 saturated heterocycles. The van der Waals surface area contributed by atoms with Crippen molar-refractivity contribution < 1.29 is 9.52 Å². The quantitative estimate of drug-likeness (QED) is 0.784. The molecule has 0 aromatic carbocycles. The first-order valence-electron chi connectivity index (χ1n) is 4.02. The number of hydrogen-bond acceptors (Lipinski definition) is 3. The van der Waals surface area contributed by atoms with Crippen LogP contribution in [-0.4, -0.2) is 16.1 Å². The van der Waals surface area contributed by atoms with Crippen molar-refractivity contribution in [1.82, 2.24) is 0 Å². The van der Waals surface area contributed by atoms with E-state index in [4.69, 9.17) is 4.42 Å². The first kappa shape index (κ1) is 9.68. The zero-order valence-electron chi connectivity index (χ0n) is 7.36. The van der Waals surface area contributed by atoms with E-state index in [-0.39, 0.29) is 0 Å². The van der Waals surface area contributed by atoms with Gasteiger partial charge in [-0.15, -0.1) is 0 Å². The van der Waals surface area contributed by atoms with Crippen LogP contribution >= 0.6 is 11.8 Å². The first-order valence-corrected chi connectivity index (χ1v) is 5.07. The third kappa shape index (κ3) is 2.91. The number of aliphatic hydroxyl groups is 1. The number of hydrogen-bond donors (Lipinski definition) is 1. The summed E-state index contributed by atoms with van der Waals surface area (Å²) in [5, 5.41) is 10.1. The van der Waals surface area contributed by atoms with Gasteiger partial charge in [-0.2, -0.15) is 11.8 Å². The van der Waals surface area contributed by atoms with E-state index in [0.717, 1.165) is 11.3 Å². The normalized spacial score (nSPS) is 13.7. The van der Waals surface area contributed by atoms with E-state index < -0.39 is 6.10 Å². The molecule has 3 heteroatoms. The van der Waals surface area contributed by atoms with Crippen LogP contribution in [0.5, 0.6) is 0 Å². The van der Waals surface area contributed by atoms with Crippen molar-refractivity contribution in [3.8, 4) is 0 Å². The first-order chi connectivity index (χ1) is 5.70. The Bertz CT molecular complexity index is 206. The molecule has 68 valence electrons. The van der Waals surface area contributed by atoms with Crippen LogP contribution in [0.25, 0.3) is 0 Å². The molecule has 0 amide bonds. The van der Waals surface area contributed by atoms with Crippen LogP contribution in [0.15, 0.2) is 23.0 Å². The van der Waals surface area contributed by atoms with Crippen molar-refractivity contribution in [2.75, 3.05) is 5.75 Å². The van der Waals surface area contributed by atoms with Gasteiger partial charge < -0.3 is 9.52 Å². The van der Waals surface area contributed by atoms with Gasteiger partial charge in [-0.25, -0.2) is 0 Å². The van der Waals surface area contributed by atoms with Gasteiger partial charge in [0, 0.05) is 11.3 Å². The van der Waals surface area contributed by atoms with Crippen molar-refractivity contribution in [2.24, 2.45) is 0 Å². The van der Waals surface area contributed by atoms with Crippen LogP contribution in [0.2, 0.25) is 0 Å². The smallest absolute Gasteiger partial charge is 0.0960 e. The van der Waals surface area contributed by atoms with Crippen LogP contribution < -0.4 is 0 Å². The second-order valence-electron chi connectivity index (χ2n) is 2.95. The molecule has 0 fully saturated rings. The molecule has 1 N–H and O–H groups in total. The molecule has 0 aliphatic rings.